The van der Waals surface area contributed by atoms with Crippen molar-refractivity contribution in [3.8, 4) is 0 Å². The van der Waals surface area contributed by atoms with Crippen molar-refractivity contribution in [2.24, 2.45) is 10.2 Å². The highest BCUT2D eigenvalue weighted by atomic mass is 28.4. The lowest BCUT2D eigenvalue weighted by Gasteiger charge is -2.43. The van der Waals surface area contributed by atoms with Gasteiger partial charge in [-0.2, -0.15) is 10.2 Å². The summed E-state index contributed by atoms with van der Waals surface area (Å²) in [5.41, 5.74) is 2.39. The van der Waals surface area contributed by atoms with Gasteiger partial charge in [0, 0.05) is 0 Å². The molecule has 0 atom stereocenters. The van der Waals surface area contributed by atoms with E-state index < -0.39 is 32.9 Å². The van der Waals surface area contributed by atoms with Gasteiger partial charge >= 0.3 is 0 Å². The second kappa shape index (κ2) is 8.87. The summed E-state index contributed by atoms with van der Waals surface area (Å²) in [5.74, 6) is 0. The van der Waals surface area contributed by atoms with Crippen molar-refractivity contribution in [3.05, 3.63) is 0 Å². The molecule has 0 aromatic rings. The van der Waals surface area contributed by atoms with E-state index in [1.54, 1.807) is 0 Å². The first-order chi connectivity index (χ1) is 11.4. The van der Waals surface area contributed by atoms with Crippen LogP contribution in [0.25, 0.3) is 0 Å². The minimum atomic E-state index is -1.52. The van der Waals surface area contributed by atoms with Crippen LogP contribution in [0, 0.1) is 0 Å². The van der Waals surface area contributed by atoms with Crippen molar-refractivity contribution in [1.29, 1.82) is 0 Å². The Morgan fingerprint density at radius 3 is 0.808 bits per heavy atom. The summed E-state index contributed by atoms with van der Waals surface area (Å²) >= 11 is 0. The van der Waals surface area contributed by atoms with Crippen molar-refractivity contribution >= 4 is 44.4 Å². The molecule has 0 fully saturated rings. The molecule has 4 nitrogen and oxygen atoms in total. The van der Waals surface area contributed by atoms with E-state index in [4.69, 9.17) is 10.2 Å². The standard InChI is InChI=1S/C18H46N4Si4/c1-15-17(19-21(23(3,4)5)24(6,7)8)18(16-2)20-22(25(9,10)11)26(12,13)14/h15-16H2,1-14H3/b19-17+,20-18+. The summed E-state index contributed by atoms with van der Waals surface area (Å²) in [4.78, 5) is 0. The van der Waals surface area contributed by atoms with Crippen LogP contribution in [-0.4, -0.2) is 53.0 Å². The normalized spacial score (nSPS) is 15.3. The number of hydrogen-bond acceptors (Lipinski definition) is 4. The monoisotopic (exact) mass is 430 g/mol. The van der Waals surface area contributed by atoms with Gasteiger partial charge in [-0.1, -0.05) is 92.4 Å². The second-order valence-corrected chi connectivity index (χ2v) is 31.1. The summed E-state index contributed by atoms with van der Waals surface area (Å²) < 4.78 is 5.05. The molecule has 0 aliphatic carbocycles. The van der Waals surface area contributed by atoms with Gasteiger partial charge in [-0.25, -0.2) is 0 Å². The number of hydrazone groups is 2. The van der Waals surface area contributed by atoms with E-state index >= 15 is 0 Å². The Kier molecular flexibility index (Phi) is 8.81. The molecule has 154 valence electrons. The number of rotatable bonds is 9. The fraction of sp³-hybridized carbons (Fsp3) is 0.889. The van der Waals surface area contributed by atoms with E-state index in [1.807, 2.05) is 0 Å². The zero-order chi connectivity index (χ0) is 21.1. The molecule has 0 aliphatic rings. The van der Waals surface area contributed by atoms with Crippen molar-refractivity contribution in [1.82, 2.24) is 8.68 Å². The zero-order valence-corrected chi connectivity index (χ0v) is 24.2. The SMILES string of the molecule is CCC(=N\N([Si](C)(C)C)[Si](C)(C)C)/C(CC)=N/N([Si](C)(C)C)[Si](C)(C)C. The first-order valence-electron chi connectivity index (χ1n) is 10.1. The van der Waals surface area contributed by atoms with Crippen LogP contribution in [0.5, 0.6) is 0 Å². The maximum atomic E-state index is 5.27. The average Bonchev–Trinajstić information content (AvgIpc) is 2.36. The minimum Gasteiger partial charge on any atom is -0.350 e. The lowest BCUT2D eigenvalue weighted by atomic mass is 10.1. The zero-order valence-electron chi connectivity index (χ0n) is 20.2. The summed E-state index contributed by atoms with van der Waals surface area (Å²) in [5, 5.41) is 10.5. The lowest BCUT2D eigenvalue weighted by molar-refractivity contribution is 0.656. The van der Waals surface area contributed by atoms with Crippen molar-refractivity contribution in [2.45, 2.75) is 105 Å². The van der Waals surface area contributed by atoms with E-state index in [2.05, 4.69) is 101 Å². The Morgan fingerprint density at radius 2 is 0.692 bits per heavy atom. The molecule has 0 rings (SSSR count). The molecule has 0 N–H and O–H groups in total. The Morgan fingerprint density at radius 1 is 0.500 bits per heavy atom. The predicted octanol–water partition coefficient (Wildman–Crippen LogP) is 6.46. The minimum absolute atomic E-state index is 0.948. The van der Waals surface area contributed by atoms with Gasteiger partial charge in [0.15, 0.2) is 32.9 Å². The fourth-order valence-electron chi connectivity index (χ4n) is 3.52. The van der Waals surface area contributed by atoms with Crippen LogP contribution in [-0.2, 0) is 0 Å². The van der Waals surface area contributed by atoms with Crippen LogP contribution in [0.3, 0.4) is 0 Å². The Bertz CT molecular complexity index is 441. The molecule has 0 amide bonds. The summed E-state index contributed by atoms with van der Waals surface area (Å²) in [6.45, 7) is 33.3. The van der Waals surface area contributed by atoms with Crippen LogP contribution in [0.4, 0.5) is 0 Å². The van der Waals surface area contributed by atoms with Crippen molar-refractivity contribution in [2.75, 3.05) is 0 Å². The van der Waals surface area contributed by atoms with Gasteiger partial charge < -0.3 is 8.68 Å². The highest BCUT2D eigenvalue weighted by molar-refractivity contribution is 6.90. The molecule has 0 heterocycles. The highest BCUT2D eigenvalue weighted by Gasteiger charge is 2.36. The maximum absolute atomic E-state index is 5.27. The van der Waals surface area contributed by atoms with Crippen LogP contribution in [0.2, 0.25) is 78.6 Å². The number of hydrogen-bond donors (Lipinski definition) is 0. The van der Waals surface area contributed by atoms with Gasteiger partial charge in [-0.15, -0.1) is 0 Å². The summed E-state index contributed by atoms with van der Waals surface area (Å²) in [6, 6.07) is 0. The van der Waals surface area contributed by atoms with E-state index in [1.165, 1.54) is 11.4 Å². The van der Waals surface area contributed by atoms with Crippen LogP contribution in [0.1, 0.15) is 26.7 Å². The molecule has 26 heavy (non-hydrogen) atoms. The Balaban J connectivity index is 6.30. The summed E-state index contributed by atoms with van der Waals surface area (Å²) in [6.07, 6.45) is 1.90. The molecule has 0 radical (unpaired) electrons. The molecule has 0 aromatic carbocycles. The largest absolute Gasteiger partial charge is 0.350 e. The van der Waals surface area contributed by atoms with Gasteiger partial charge in [0.1, 0.15) is 0 Å². The number of nitrogens with zero attached hydrogens (tertiary/aromatic N) is 4. The third-order valence-electron chi connectivity index (χ3n) is 3.99. The average molecular weight is 431 g/mol. The fourth-order valence-corrected chi connectivity index (χ4v) is 21.3. The summed E-state index contributed by atoms with van der Waals surface area (Å²) in [7, 11) is -6.07. The van der Waals surface area contributed by atoms with E-state index in [9.17, 15) is 0 Å². The first-order valence-corrected chi connectivity index (χ1v) is 23.9. The Hall–Kier alpha value is -0.192. The molecule has 0 bridgehead atoms. The van der Waals surface area contributed by atoms with Crippen molar-refractivity contribution in [3.63, 3.8) is 0 Å². The third-order valence-corrected chi connectivity index (χ3v) is 17.5. The van der Waals surface area contributed by atoms with E-state index in [0.29, 0.717) is 0 Å². The van der Waals surface area contributed by atoms with Crippen LogP contribution < -0.4 is 0 Å². The van der Waals surface area contributed by atoms with Gasteiger partial charge in [0.05, 0.1) is 11.4 Å². The second-order valence-electron chi connectivity index (χ2n) is 11.1. The first kappa shape index (κ1) is 25.8. The van der Waals surface area contributed by atoms with E-state index in [0.717, 1.165) is 12.8 Å². The molecule has 0 saturated carbocycles. The lowest BCUT2D eigenvalue weighted by Crippen LogP contribution is -2.57. The topological polar surface area (TPSA) is 31.2 Å². The quantitative estimate of drug-likeness (QED) is 0.239. The van der Waals surface area contributed by atoms with Crippen molar-refractivity contribution < 1.29 is 0 Å². The van der Waals surface area contributed by atoms with Gasteiger partial charge in [0.25, 0.3) is 0 Å². The van der Waals surface area contributed by atoms with Crippen LogP contribution >= 0.6 is 0 Å². The van der Waals surface area contributed by atoms with Crippen LogP contribution in [0.15, 0.2) is 10.2 Å². The molecular weight excluding hydrogens is 385 g/mol. The maximum Gasteiger partial charge on any atom is 0.158 e. The molecule has 0 unspecified atom stereocenters. The predicted molar refractivity (Wildman–Crippen MR) is 133 cm³/mol. The van der Waals surface area contributed by atoms with Gasteiger partial charge in [-0.3, -0.25) is 0 Å². The smallest absolute Gasteiger partial charge is 0.158 e. The van der Waals surface area contributed by atoms with Gasteiger partial charge in [0.2, 0.25) is 0 Å². The third kappa shape index (κ3) is 7.82. The molecule has 8 heteroatoms. The molecular formula is C18H46N4Si4. The molecule has 0 aliphatic heterocycles. The van der Waals surface area contributed by atoms with Gasteiger partial charge in [-0.05, 0) is 12.8 Å². The van der Waals surface area contributed by atoms with E-state index in [-0.39, 0.29) is 0 Å². The Labute approximate surface area is 168 Å². The molecule has 0 aromatic heterocycles. The molecule has 0 saturated heterocycles. The molecule has 0 spiro atoms. The highest BCUT2D eigenvalue weighted by Crippen LogP contribution is 2.23.